The van der Waals surface area contributed by atoms with Gasteiger partial charge in [-0.2, -0.15) is 0 Å². The second-order valence-electron chi connectivity index (χ2n) is 5.14. The van der Waals surface area contributed by atoms with Crippen LogP contribution < -0.4 is 4.74 Å². The molecule has 0 bridgehead atoms. The Balaban J connectivity index is 1.94. The molecule has 2 rings (SSSR count). The number of rotatable bonds is 6. The van der Waals surface area contributed by atoms with Crippen LogP contribution in [-0.4, -0.2) is 17.6 Å². The van der Waals surface area contributed by atoms with Gasteiger partial charge >= 0.3 is 5.97 Å². The van der Waals surface area contributed by atoms with E-state index in [4.69, 9.17) is 9.47 Å². The van der Waals surface area contributed by atoms with E-state index in [1.165, 1.54) is 0 Å². The minimum atomic E-state index is -0.450. The minimum absolute atomic E-state index is 0.235. The summed E-state index contributed by atoms with van der Waals surface area (Å²) in [6.45, 7) is 4.97. The lowest BCUT2D eigenvalue weighted by Gasteiger charge is -2.09. The van der Waals surface area contributed by atoms with Crippen molar-refractivity contribution in [2.45, 2.75) is 20.5 Å². The summed E-state index contributed by atoms with van der Waals surface area (Å²) in [5, 5.41) is 0. The van der Waals surface area contributed by atoms with Crippen molar-refractivity contribution in [3.63, 3.8) is 0 Å². The Labute approximate surface area is 124 Å². The standard InChI is InChI=1S/C17H19NO3/c1-13(2)11-20-15-8-9-18-16(10-15)17(19)21-12-14-6-4-3-5-7-14/h3-10,13H,11-12H2,1-2H3. The van der Waals surface area contributed by atoms with E-state index < -0.39 is 5.97 Å². The molecule has 110 valence electrons. The first kappa shape index (κ1) is 15.0. The maximum absolute atomic E-state index is 12.0. The zero-order valence-electron chi connectivity index (χ0n) is 12.3. The molecule has 0 aliphatic heterocycles. The average molecular weight is 285 g/mol. The first-order valence-electron chi connectivity index (χ1n) is 6.95. The molecule has 0 aliphatic carbocycles. The van der Waals surface area contributed by atoms with Crippen molar-refractivity contribution in [3.8, 4) is 5.75 Å². The number of aromatic nitrogens is 1. The molecule has 0 fully saturated rings. The number of ether oxygens (including phenoxy) is 2. The molecule has 4 nitrogen and oxygen atoms in total. The highest BCUT2D eigenvalue weighted by Crippen LogP contribution is 2.13. The number of carbonyl (C=O) groups is 1. The first-order valence-corrected chi connectivity index (χ1v) is 6.95. The highest BCUT2D eigenvalue weighted by atomic mass is 16.5. The molecule has 0 atom stereocenters. The molecule has 21 heavy (non-hydrogen) atoms. The third-order valence-electron chi connectivity index (χ3n) is 2.74. The molecule has 0 spiro atoms. The van der Waals surface area contributed by atoms with Gasteiger partial charge in [-0.15, -0.1) is 0 Å². The number of benzene rings is 1. The monoisotopic (exact) mass is 285 g/mol. The molecule has 0 saturated carbocycles. The van der Waals surface area contributed by atoms with E-state index in [0.29, 0.717) is 18.3 Å². The van der Waals surface area contributed by atoms with E-state index in [2.05, 4.69) is 18.8 Å². The second-order valence-corrected chi connectivity index (χ2v) is 5.14. The van der Waals surface area contributed by atoms with Gasteiger partial charge in [0.25, 0.3) is 0 Å². The van der Waals surface area contributed by atoms with Gasteiger partial charge in [0.05, 0.1) is 6.61 Å². The van der Waals surface area contributed by atoms with Gasteiger partial charge in [0.15, 0.2) is 5.69 Å². The van der Waals surface area contributed by atoms with Crippen molar-refractivity contribution in [3.05, 3.63) is 59.9 Å². The van der Waals surface area contributed by atoms with Crippen LogP contribution in [0.15, 0.2) is 48.7 Å². The Morgan fingerprint density at radius 2 is 1.95 bits per heavy atom. The fourth-order valence-corrected chi connectivity index (χ4v) is 1.67. The fourth-order valence-electron chi connectivity index (χ4n) is 1.67. The zero-order valence-corrected chi connectivity index (χ0v) is 12.3. The molecule has 0 saturated heterocycles. The van der Waals surface area contributed by atoms with Crippen LogP contribution >= 0.6 is 0 Å². The van der Waals surface area contributed by atoms with Gasteiger partial charge in [0.2, 0.25) is 0 Å². The second kappa shape index (κ2) is 7.43. The lowest BCUT2D eigenvalue weighted by Crippen LogP contribution is -2.09. The van der Waals surface area contributed by atoms with Crippen LogP contribution in [0.1, 0.15) is 29.9 Å². The number of pyridine rings is 1. The summed E-state index contributed by atoms with van der Waals surface area (Å²) in [7, 11) is 0. The Hall–Kier alpha value is -2.36. The van der Waals surface area contributed by atoms with Gasteiger partial charge in [-0.3, -0.25) is 0 Å². The smallest absolute Gasteiger partial charge is 0.357 e. The van der Waals surface area contributed by atoms with Crippen molar-refractivity contribution in [1.82, 2.24) is 4.98 Å². The number of nitrogens with zero attached hydrogens (tertiary/aromatic N) is 1. The minimum Gasteiger partial charge on any atom is -0.493 e. The highest BCUT2D eigenvalue weighted by molar-refractivity contribution is 5.87. The third-order valence-corrected chi connectivity index (χ3v) is 2.74. The van der Waals surface area contributed by atoms with E-state index in [0.717, 1.165) is 5.56 Å². The summed E-state index contributed by atoms with van der Waals surface area (Å²) < 4.78 is 10.8. The van der Waals surface area contributed by atoms with Crippen molar-refractivity contribution in [2.24, 2.45) is 5.92 Å². The van der Waals surface area contributed by atoms with Gasteiger partial charge in [-0.25, -0.2) is 9.78 Å². The van der Waals surface area contributed by atoms with E-state index in [1.54, 1.807) is 18.3 Å². The Kier molecular flexibility index (Phi) is 5.32. The molecule has 4 heteroatoms. The van der Waals surface area contributed by atoms with Gasteiger partial charge in [-0.1, -0.05) is 44.2 Å². The van der Waals surface area contributed by atoms with Crippen molar-refractivity contribution in [1.29, 1.82) is 0 Å². The SMILES string of the molecule is CC(C)COc1ccnc(C(=O)OCc2ccccc2)c1. The quantitative estimate of drug-likeness (QED) is 0.762. The van der Waals surface area contributed by atoms with Crippen molar-refractivity contribution < 1.29 is 14.3 Å². The zero-order chi connectivity index (χ0) is 15.1. The van der Waals surface area contributed by atoms with Crippen molar-refractivity contribution in [2.75, 3.05) is 6.61 Å². The summed E-state index contributed by atoms with van der Waals surface area (Å²) in [5.41, 5.74) is 1.20. The molecular weight excluding hydrogens is 266 g/mol. The Bertz CT molecular complexity index is 582. The van der Waals surface area contributed by atoms with Crippen LogP contribution in [0, 0.1) is 5.92 Å². The first-order chi connectivity index (χ1) is 10.1. The van der Waals surface area contributed by atoms with Gasteiger partial charge in [0, 0.05) is 12.3 Å². The molecule has 1 aromatic carbocycles. The molecule has 2 aromatic rings. The predicted molar refractivity (Wildman–Crippen MR) is 80.1 cm³/mol. The fraction of sp³-hybridized carbons (Fsp3) is 0.294. The van der Waals surface area contributed by atoms with E-state index in [9.17, 15) is 4.79 Å². The third kappa shape index (κ3) is 4.91. The van der Waals surface area contributed by atoms with E-state index in [-0.39, 0.29) is 12.3 Å². The number of hydrogen-bond donors (Lipinski definition) is 0. The molecule has 0 N–H and O–H groups in total. The maximum Gasteiger partial charge on any atom is 0.357 e. The number of esters is 1. The van der Waals surface area contributed by atoms with Crippen LogP contribution in [0.4, 0.5) is 0 Å². The van der Waals surface area contributed by atoms with E-state index >= 15 is 0 Å². The van der Waals surface area contributed by atoms with Crippen LogP contribution in [-0.2, 0) is 11.3 Å². The summed E-state index contributed by atoms with van der Waals surface area (Å²) in [4.78, 5) is 16.0. The summed E-state index contributed by atoms with van der Waals surface area (Å²) in [6.07, 6.45) is 1.55. The topological polar surface area (TPSA) is 48.4 Å². The molecular formula is C17H19NO3. The Morgan fingerprint density at radius 3 is 2.67 bits per heavy atom. The summed E-state index contributed by atoms with van der Waals surface area (Å²) in [5.74, 6) is 0.603. The normalized spacial score (nSPS) is 10.4. The highest BCUT2D eigenvalue weighted by Gasteiger charge is 2.10. The summed E-state index contributed by atoms with van der Waals surface area (Å²) in [6, 6.07) is 12.9. The van der Waals surface area contributed by atoms with Crippen LogP contribution in [0.5, 0.6) is 5.75 Å². The molecule has 1 heterocycles. The van der Waals surface area contributed by atoms with Crippen LogP contribution in [0.2, 0.25) is 0 Å². The lowest BCUT2D eigenvalue weighted by atomic mass is 10.2. The molecule has 0 radical (unpaired) electrons. The molecule has 1 aromatic heterocycles. The van der Waals surface area contributed by atoms with Crippen LogP contribution in [0.25, 0.3) is 0 Å². The molecule has 0 unspecified atom stereocenters. The number of hydrogen-bond acceptors (Lipinski definition) is 4. The predicted octanol–water partition coefficient (Wildman–Crippen LogP) is 3.47. The molecule has 0 aliphatic rings. The number of carbonyl (C=O) groups excluding carboxylic acids is 1. The van der Waals surface area contributed by atoms with Crippen molar-refractivity contribution >= 4 is 5.97 Å². The molecule has 0 amide bonds. The summed E-state index contributed by atoms with van der Waals surface area (Å²) >= 11 is 0. The average Bonchev–Trinajstić information content (AvgIpc) is 2.52. The Morgan fingerprint density at radius 1 is 1.19 bits per heavy atom. The lowest BCUT2D eigenvalue weighted by molar-refractivity contribution is 0.0465. The van der Waals surface area contributed by atoms with Gasteiger partial charge < -0.3 is 9.47 Å². The van der Waals surface area contributed by atoms with Gasteiger partial charge in [-0.05, 0) is 17.5 Å². The largest absolute Gasteiger partial charge is 0.493 e. The maximum atomic E-state index is 12.0. The van der Waals surface area contributed by atoms with E-state index in [1.807, 2.05) is 30.3 Å². The van der Waals surface area contributed by atoms with Crippen LogP contribution in [0.3, 0.4) is 0 Å². The van der Waals surface area contributed by atoms with Gasteiger partial charge in [0.1, 0.15) is 12.4 Å².